The summed E-state index contributed by atoms with van der Waals surface area (Å²) in [6.07, 6.45) is 5.65. The second-order valence-electron chi connectivity index (χ2n) is 12.1. The average Bonchev–Trinajstić information content (AvgIpc) is 3.89. The van der Waals surface area contributed by atoms with E-state index in [1.807, 2.05) is 6.07 Å². The zero-order valence-corrected chi connectivity index (χ0v) is 23.3. The molecule has 0 radical (unpaired) electrons. The van der Waals surface area contributed by atoms with Crippen LogP contribution in [0.1, 0.15) is 48.9 Å². The molecule has 4 heterocycles. The van der Waals surface area contributed by atoms with Gasteiger partial charge in [0.1, 0.15) is 0 Å². The van der Waals surface area contributed by atoms with Crippen LogP contribution in [0.2, 0.25) is 0 Å². The number of nitrogens with two attached hydrogens (primary N) is 1. The molecule has 4 aliphatic rings. The fourth-order valence-electron chi connectivity index (χ4n) is 6.62. The van der Waals surface area contributed by atoms with Crippen molar-refractivity contribution in [3.8, 4) is 11.5 Å². The lowest BCUT2D eigenvalue weighted by atomic mass is 10.0. The van der Waals surface area contributed by atoms with Crippen LogP contribution in [0.25, 0.3) is 33.5 Å². The number of hydrogen-bond acceptors (Lipinski definition) is 5. The van der Waals surface area contributed by atoms with E-state index in [1.54, 1.807) is 15.3 Å². The van der Waals surface area contributed by atoms with Gasteiger partial charge in [-0.05, 0) is 68.7 Å². The smallest absolute Gasteiger partial charge is 0.254 e. The van der Waals surface area contributed by atoms with E-state index in [9.17, 15) is 13.2 Å². The Morgan fingerprint density at radius 3 is 2.60 bits per heavy atom. The molecule has 1 atom stereocenters. The number of rotatable bonds is 6. The molecule has 8 rings (SSSR count). The maximum atomic E-state index is 13.7. The van der Waals surface area contributed by atoms with Gasteiger partial charge in [-0.1, -0.05) is 18.2 Å². The Bertz CT molecular complexity index is 1780. The summed E-state index contributed by atoms with van der Waals surface area (Å²) in [4.78, 5) is 20.6. The maximum Gasteiger partial charge on any atom is 0.254 e. The predicted octanol–water partition coefficient (Wildman–Crippen LogP) is 3.94. The zero-order valence-electron chi connectivity index (χ0n) is 22.5. The van der Waals surface area contributed by atoms with Crippen molar-refractivity contribution in [2.45, 2.75) is 62.9 Å². The molecular formula is C30H34N6O3S. The lowest BCUT2D eigenvalue weighted by molar-refractivity contribution is 0.0709. The van der Waals surface area contributed by atoms with Gasteiger partial charge in [0.25, 0.3) is 5.91 Å². The number of para-hydroxylation sites is 1. The number of piperidine rings is 1. The number of likely N-dealkylation sites (tertiary alicyclic amines) is 1. The van der Waals surface area contributed by atoms with Crippen LogP contribution >= 0.6 is 0 Å². The molecule has 0 bridgehead atoms. The third-order valence-electron chi connectivity index (χ3n) is 9.04. The Morgan fingerprint density at radius 2 is 1.82 bits per heavy atom. The number of carbonyl (C=O) groups is 1. The zero-order chi connectivity index (χ0) is 27.2. The Morgan fingerprint density at radius 1 is 1.00 bits per heavy atom. The minimum absolute atomic E-state index is 0.0364. The summed E-state index contributed by atoms with van der Waals surface area (Å²) in [5.74, 6) is 1.40. The van der Waals surface area contributed by atoms with Crippen LogP contribution in [-0.4, -0.2) is 64.3 Å². The van der Waals surface area contributed by atoms with Crippen molar-refractivity contribution in [2.75, 3.05) is 23.9 Å². The van der Waals surface area contributed by atoms with Crippen LogP contribution in [0.5, 0.6) is 0 Å². The molecular weight excluding hydrogens is 524 g/mol. The number of sulfonamides is 1. The molecule has 2 aliphatic heterocycles. The van der Waals surface area contributed by atoms with Gasteiger partial charge in [0.2, 0.25) is 10.0 Å². The summed E-state index contributed by atoms with van der Waals surface area (Å²) >= 11 is 0. The molecule has 2 aromatic heterocycles. The highest BCUT2D eigenvalue weighted by Gasteiger charge is 2.43. The largest absolute Gasteiger partial charge is 0.338 e. The van der Waals surface area contributed by atoms with Gasteiger partial charge in [0, 0.05) is 48.7 Å². The van der Waals surface area contributed by atoms with E-state index in [0.717, 1.165) is 36.4 Å². The third-order valence-corrected chi connectivity index (χ3v) is 11.3. The molecule has 208 valence electrons. The van der Waals surface area contributed by atoms with Gasteiger partial charge >= 0.3 is 0 Å². The maximum absolute atomic E-state index is 13.7. The highest BCUT2D eigenvalue weighted by molar-refractivity contribution is 7.93. The van der Waals surface area contributed by atoms with Crippen molar-refractivity contribution >= 4 is 43.6 Å². The Labute approximate surface area is 233 Å². The lowest BCUT2D eigenvalue weighted by Gasteiger charge is -2.32. The first-order valence-electron chi connectivity index (χ1n) is 14.6. The van der Waals surface area contributed by atoms with Crippen molar-refractivity contribution in [1.29, 1.82) is 0 Å². The third kappa shape index (κ3) is 3.87. The monoisotopic (exact) mass is 558 g/mol. The van der Waals surface area contributed by atoms with Crippen molar-refractivity contribution < 1.29 is 13.2 Å². The van der Waals surface area contributed by atoms with E-state index in [-0.39, 0.29) is 17.2 Å². The summed E-state index contributed by atoms with van der Waals surface area (Å²) in [5.41, 5.74) is 10.9. The number of amides is 1. The van der Waals surface area contributed by atoms with Gasteiger partial charge in [0.15, 0.2) is 5.82 Å². The number of anilines is 1. The molecule has 3 fully saturated rings. The molecule has 2 saturated carbocycles. The standard InChI is InChI=1S/C30H34N6O3S/c31-22-5-3-11-33(18-22)30(37)21-14-24-28-26(16-21)36(40(38,39)23-9-10-23)13-12-34(28)29(32-24)27-15-20-4-1-2-6-25(20)35(27)17-19-7-8-19/h1-2,4,6,14-16,19,22-23H,3,5,7-13,17-18,31H2/t22-/m1/s1. The first kappa shape index (κ1) is 24.4. The van der Waals surface area contributed by atoms with E-state index in [4.69, 9.17) is 10.7 Å². The van der Waals surface area contributed by atoms with E-state index in [0.29, 0.717) is 61.7 Å². The van der Waals surface area contributed by atoms with E-state index in [1.165, 1.54) is 23.7 Å². The summed E-state index contributed by atoms with van der Waals surface area (Å²) in [6, 6.07) is 14.2. The van der Waals surface area contributed by atoms with Crippen molar-refractivity contribution in [3.63, 3.8) is 0 Å². The number of carbonyl (C=O) groups excluding carboxylic acids is 1. The lowest BCUT2D eigenvalue weighted by Crippen LogP contribution is -2.45. The Kier molecular flexibility index (Phi) is 5.38. The van der Waals surface area contributed by atoms with Gasteiger partial charge in [-0.2, -0.15) is 0 Å². The topological polar surface area (TPSA) is 106 Å². The van der Waals surface area contributed by atoms with Crippen LogP contribution in [0.4, 0.5) is 5.69 Å². The van der Waals surface area contributed by atoms with Gasteiger partial charge in [-0.25, -0.2) is 13.4 Å². The van der Waals surface area contributed by atoms with Crippen molar-refractivity contribution in [1.82, 2.24) is 19.0 Å². The van der Waals surface area contributed by atoms with Gasteiger partial charge in [0.05, 0.1) is 34.2 Å². The molecule has 4 aromatic rings. The van der Waals surface area contributed by atoms with Gasteiger partial charge in [-0.15, -0.1) is 0 Å². The summed E-state index contributed by atoms with van der Waals surface area (Å²) in [6.45, 7) is 2.96. The first-order valence-corrected chi connectivity index (χ1v) is 16.1. The molecule has 0 spiro atoms. The van der Waals surface area contributed by atoms with Crippen LogP contribution in [0.15, 0.2) is 42.5 Å². The summed E-state index contributed by atoms with van der Waals surface area (Å²) in [7, 11) is -3.50. The van der Waals surface area contributed by atoms with Crippen molar-refractivity contribution in [2.24, 2.45) is 11.7 Å². The number of imidazole rings is 1. The summed E-state index contributed by atoms with van der Waals surface area (Å²) < 4.78 is 33.3. The SMILES string of the molecule is N[C@@H]1CCCN(C(=O)c2cc3c4c(c2)nc(-c2cc5ccccc5n2CC2CC2)n4CCN3S(=O)(=O)C2CC2)C1. The van der Waals surface area contributed by atoms with E-state index in [2.05, 4.69) is 39.5 Å². The van der Waals surface area contributed by atoms with Crippen LogP contribution < -0.4 is 10.0 Å². The molecule has 10 heteroatoms. The molecule has 2 N–H and O–H groups in total. The molecule has 1 amide bonds. The predicted molar refractivity (Wildman–Crippen MR) is 156 cm³/mol. The molecule has 9 nitrogen and oxygen atoms in total. The minimum Gasteiger partial charge on any atom is -0.338 e. The molecule has 2 aliphatic carbocycles. The van der Waals surface area contributed by atoms with Gasteiger partial charge < -0.3 is 19.8 Å². The second-order valence-corrected chi connectivity index (χ2v) is 14.2. The number of hydrogen-bond donors (Lipinski definition) is 1. The molecule has 0 unspecified atom stereocenters. The quantitative estimate of drug-likeness (QED) is 0.386. The van der Waals surface area contributed by atoms with Crippen LogP contribution in [-0.2, 0) is 23.1 Å². The van der Waals surface area contributed by atoms with Crippen LogP contribution in [0.3, 0.4) is 0 Å². The van der Waals surface area contributed by atoms with E-state index < -0.39 is 10.0 Å². The second kappa shape index (κ2) is 8.81. The van der Waals surface area contributed by atoms with Crippen molar-refractivity contribution in [3.05, 3.63) is 48.0 Å². The average molecular weight is 559 g/mol. The summed E-state index contributed by atoms with van der Waals surface area (Å²) in [5, 5.41) is 0.835. The number of fused-ring (bicyclic) bond motifs is 1. The molecule has 1 saturated heterocycles. The van der Waals surface area contributed by atoms with E-state index >= 15 is 0 Å². The Balaban J connectivity index is 1.32. The number of nitrogens with zero attached hydrogens (tertiary/aromatic N) is 5. The fourth-order valence-corrected chi connectivity index (χ4v) is 8.46. The molecule has 2 aromatic carbocycles. The first-order chi connectivity index (χ1) is 19.4. The highest BCUT2D eigenvalue weighted by atomic mass is 32.2. The van der Waals surface area contributed by atoms with Crippen LogP contribution in [0, 0.1) is 5.92 Å². The minimum atomic E-state index is -3.50. The highest BCUT2D eigenvalue weighted by Crippen LogP contribution is 2.42. The molecule has 40 heavy (non-hydrogen) atoms. The number of aromatic nitrogens is 3. The van der Waals surface area contributed by atoms with Gasteiger partial charge in [-0.3, -0.25) is 9.10 Å². The normalized spacial score (nSPS) is 21.5. The Hall–Kier alpha value is -3.37. The number of benzene rings is 2. The fraction of sp³-hybridized carbons (Fsp3) is 0.467.